The molecule has 0 bridgehead atoms. The minimum atomic E-state index is -1.56. The molecule has 1 aromatic heterocycles. The van der Waals surface area contributed by atoms with Crippen LogP contribution in [0.25, 0.3) is 0 Å². The lowest BCUT2D eigenvalue weighted by atomic mass is 9.96. The summed E-state index contributed by atoms with van der Waals surface area (Å²) in [4.78, 5) is 41.1. The van der Waals surface area contributed by atoms with E-state index in [1.54, 1.807) is 24.3 Å². The Morgan fingerprint density at radius 2 is 1.74 bits per heavy atom. The van der Waals surface area contributed by atoms with Crippen LogP contribution in [0, 0.1) is 5.82 Å². The van der Waals surface area contributed by atoms with E-state index in [0.29, 0.717) is 47.0 Å². The standard InChI is InChI=1S/C28H26ClFN4O5/c29-23-8-7-22-21(11-12-31-16-28(22)38-24(35)9-10-25(36)39-28)26(23)33-13-17-1-3-18(4-2-17)27(37)34-15-20-6-5-19(30)14-32-20/h1-8,14,31,33H,9-13,15-16H2,(H,34,37). The lowest BCUT2D eigenvalue weighted by Gasteiger charge is -2.32. The van der Waals surface area contributed by atoms with Crippen LogP contribution >= 0.6 is 11.6 Å². The second-order valence-electron chi connectivity index (χ2n) is 9.28. The summed E-state index contributed by atoms with van der Waals surface area (Å²) in [6.07, 6.45) is 1.60. The van der Waals surface area contributed by atoms with E-state index in [2.05, 4.69) is 20.9 Å². The van der Waals surface area contributed by atoms with Gasteiger partial charge >= 0.3 is 11.9 Å². The number of anilines is 1. The highest BCUT2D eigenvalue weighted by molar-refractivity contribution is 6.33. The van der Waals surface area contributed by atoms with Gasteiger partial charge in [0.15, 0.2) is 0 Å². The van der Waals surface area contributed by atoms with Crippen molar-refractivity contribution in [3.05, 3.63) is 93.5 Å². The minimum absolute atomic E-state index is 0.0360. The monoisotopic (exact) mass is 552 g/mol. The third-order valence-electron chi connectivity index (χ3n) is 6.58. The van der Waals surface area contributed by atoms with E-state index in [0.717, 1.165) is 17.3 Å². The Balaban J connectivity index is 1.30. The zero-order valence-corrected chi connectivity index (χ0v) is 21.6. The van der Waals surface area contributed by atoms with Gasteiger partial charge in [0.1, 0.15) is 5.82 Å². The number of pyridine rings is 1. The quantitative estimate of drug-likeness (QED) is 0.397. The van der Waals surface area contributed by atoms with Crippen LogP contribution in [0.4, 0.5) is 10.1 Å². The molecule has 3 N–H and O–H groups in total. The Kier molecular flexibility index (Phi) is 7.76. The number of fused-ring (bicyclic) bond motifs is 2. The summed E-state index contributed by atoms with van der Waals surface area (Å²) >= 11 is 6.58. The van der Waals surface area contributed by atoms with Crippen molar-refractivity contribution in [2.45, 2.75) is 38.1 Å². The van der Waals surface area contributed by atoms with E-state index in [9.17, 15) is 18.8 Å². The lowest BCUT2D eigenvalue weighted by molar-refractivity contribution is -0.225. The minimum Gasteiger partial charge on any atom is -0.416 e. The summed E-state index contributed by atoms with van der Waals surface area (Å²) in [6.45, 7) is 1.29. The van der Waals surface area contributed by atoms with Crippen molar-refractivity contribution >= 4 is 35.1 Å². The number of hydrogen-bond acceptors (Lipinski definition) is 8. The first kappa shape index (κ1) is 26.6. The van der Waals surface area contributed by atoms with Gasteiger partial charge in [-0.3, -0.25) is 19.4 Å². The zero-order chi connectivity index (χ0) is 27.4. The van der Waals surface area contributed by atoms with Crippen LogP contribution in [0.1, 0.15) is 45.6 Å². The van der Waals surface area contributed by atoms with Crippen LogP contribution in [0.15, 0.2) is 54.7 Å². The molecule has 3 heterocycles. The smallest absolute Gasteiger partial charge is 0.309 e. The molecule has 11 heteroatoms. The van der Waals surface area contributed by atoms with Crippen molar-refractivity contribution in [1.82, 2.24) is 15.6 Å². The normalized spacial score (nSPS) is 16.4. The van der Waals surface area contributed by atoms with Crippen molar-refractivity contribution in [3.63, 3.8) is 0 Å². The molecule has 0 unspecified atom stereocenters. The number of amides is 1. The third-order valence-corrected chi connectivity index (χ3v) is 6.89. The first-order valence-corrected chi connectivity index (χ1v) is 12.9. The maximum absolute atomic E-state index is 13.0. The molecule has 1 amide bonds. The van der Waals surface area contributed by atoms with Gasteiger partial charge in [-0.05, 0) is 60.5 Å². The Morgan fingerprint density at radius 3 is 2.44 bits per heavy atom. The number of rotatable bonds is 6. The Morgan fingerprint density at radius 1 is 1.00 bits per heavy atom. The van der Waals surface area contributed by atoms with Gasteiger partial charge in [0.25, 0.3) is 11.7 Å². The highest BCUT2D eigenvalue weighted by Crippen LogP contribution is 2.40. The number of benzene rings is 2. The molecule has 202 valence electrons. The molecule has 3 aromatic rings. The molecular weight excluding hydrogens is 527 g/mol. The molecular formula is C28H26ClFN4O5. The van der Waals surface area contributed by atoms with Crippen molar-refractivity contribution < 1.29 is 28.2 Å². The predicted octanol–water partition coefficient (Wildman–Crippen LogP) is 3.59. The Bertz CT molecular complexity index is 1380. The lowest BCUT2D eigenvalue weighted by Crippen LogP contribution is -2.43. The van der Waals surface area contributed by atoms with Crippen LogP contribution in [0.2, 0.25) is 5.02 Å². The summed E-state index contributed by atoms with van der Waals surface area (Å²) in [7, 11) is 0. The van der Waals surface area contributed by atoms with Crippen LogP contribution in [-0.4, -0.2) is 35.9 Å². The molecule has 1 spiro atoms. The highest BCUT2D eigenvalue weighted by Gasteiger charge is 2.46. The van der Waals surface area contributed by atoms with E-state index >= 15 is 0 Å². The van der Waals surface area contributed by atoms with Crippen LogP contribution in [0.5, 0.6) is 0 Å². The average molecular weight is 553 g/mol. The van der Waals surface area contributed by atoms with Gasteiger partial charge in [0, 0.05) is 17.7 Å². The summed E-state index contributed by atoms with van der Waals surface area (Å²) < 4.78 is 24.4. The number of nitrogens with one attached hydrogen (secondary N) is 3. The predicted molar refractivity (Wildman–Crippen MR) is 140 cm³/mol. The van der Waals surface area contributed by atoms with Gasteiger partial charge in [-0.15, -0.1) is 0 Å². The van der Waals surface area contributed by atoms with Crippen molar-refractivity contribution in [2.75, 3.05) is 18.4 Å². The molecule has 9 nitrogen and oxygen atoms in total. The van der Waals surface area contributed by atoms with Crippen molar-refractivity contribution in [3.8, 4) is 0 Å². The number of nitrogens with zero attached hydrogens (tertiary/aromatic N) is 1. The molecule has 39 heavy (non-hydrogen) atoms. The molecule has 0 atom stereocenters. The molecule has 2 aliphatic heterocycles. The van der Waals surface area contributed by atoms with E-state index < -0.39 is 23.5 Å². The van der Waals surface area contributed by atoms with Gasteiger partial charge in [0.2, 0.25) is 0 Å². The number of esters is 2. The number of carbonyl (C=O) groups is 3. The zero-order valence-electron chi connectivity index (χ0n) is 20.9. The van der Waals surface area contributed by atoms with Gasteiger partial charge in [0.05, 0.1) is 48.5 Å². The molecule has 0 aliphatic carbocycles. The summed E-state index contributed by atoms with van der Waals surface area (Å²) in [6, 6.07) is 13.3. The summed E-state index contributed by atoms with van der Waals surface area (Å²) in [5.74, 6) is -3.27. The van der Waals surface area contributed by atoms with Gasteiger partial charge < -0.3 is 25.4 Å². The first-order chi connectivity index (χ1) is 18.8. The van der Waals surface area contributed by atoms with E-state index in [-0.39, 0.29) is 31.8 Å². The molecule has 0 saturated carbocycles. The average Bonchev–Trinajstić information content (AvgIpc) is 3.19. The van der Waals surface area contributed by atoms with Gasteiger partial charge in [-0.2, -0.15) is 0 Å². The third kappa shape index (κ3) is 6.02. The number of carbonyl (C=O) groups excluding carboxylic acids is 3. The van der Waals surface area contributed by atoms with Crippen molar-refractivity contribution in [2.24, 2.45) is 0 Å². The summed E-state index contributed by atoms with van der Waals surface area (Å²) in [5.41, 5.74) is 3.94. The van der Waals surface area contributed by atoms with E-state index in [4.69, 9.17) is 21.1 Å². The maximum atomic E-state index is 13.0. The molecule has 1 saturated heterocycles. The fraction of sp³-hybridized carbons (Fsp3) is 0.286. The molecule has 1 fully saturated rings. The van der Waals surface area contributed by atoms with Crippen molar-refractivity contribution in [1.29, 1.82) is 0 Å². The fourth-order valence-corrected chi connectivity index (χ4v) is 4.86. The Labute approximate surface area is 229 Å². The van der Waals surface area contributed by atoms with Crippen LogP contribution < -0.4 is 16.0 Å². The maximum Gasteiger partial charge on any atom is 0.309 e. The fourth-order valence-electron chi connectivity index (χ4n) is 4.61. The van der Waals surface area contributed by atoms with E-state index in [1.807, 2.05) is 12.1 Å². The van der Waals surface area contributed by atoms with E-state index in [1.165, 1.54) is 12.1 Å². The van der Waals surface area contributed by atoms with Crippen LogP contribution in [-0.2, 0) is 44.4 Å². The number of halogens is 2. The van der Waals surface area contributed by atoms with Gasteiger partial charge in [-0.25, -0.2) is 4.39 Å². The highest BCUT2D eigenvalue weighted by atomic mass is 35.5. The molecule has 2 aromatic carbocycles. The molecule has 0 radical (unpaired) electrons. The Hall–Kier alpha value is -4.02. The molecule has 2 aliphatic rings. The second kappa shape index (κ2) is 11.4. The van der Waals surface area contributed by atoms with Gasteiger partial charge in [-0.1, -0.05) is 23.7 Å². The topological polar surface area (TPSA) is 119 Å². The second-order valence-corrected chi connectivity index (χ2v) is 9.68. The SMILES string of the molecule is O=C1CCC(=O)OC2(CNCCc3c2ccc(Cl)c3NCc2ccc(C(=O)NCc3ccc(F)cn3)cc2)O1. The largest absolute Gasteiger partial charge is 0.416 e. The number of ether oxygens (including phenoxy) is 2. The number of aromatic nitrogens is 1. The first-order valence-electron chi connectivity index (χ1n) is 12.5. The summed E-state index contributed by atoms with van der Waals surface area (Å²) in [5, 5.41) is 9.80. The molecule has 5 rings (SSSR count). The van der Waals surface area contributed by atoms with Crippen LogP contribution in [0.3, 0.4) is 0 Å². The number of hydrogen-bond donors (Lipinski definition) is 3.